The summed E-state index contributed by atoms with van der Waals surface area (Å²) in [4.78, 5) is 25.6. The number of hydrogen-bond donors (Lipinski definition) is 0. The smallest absolute Gasteiger partial charge is 0.293 e. The molecular formula is C14H13NO5S. The molecule has 1 aromatic carbocycles. The Morgan fingerprint density at radius 3 is 2.95 bits per heavy atom. The van der Waals surface area contributed by atoms with Crippen molar-refractivity contribution >= 4 is 29.0 Å². The van der Waals surface area contributed by atoms with Gasteiger partial charge in [0.1, 0.15) is 0 Å². The Kier molecular flexibility index (Phi) is 3.85. The van der Waals surface area contributed by atoms with Crippen molar-refractivity contribution in [2.45, 2.75) is 0 Å². The van der Waals surface area contributed by atoms with E-state index in [1.807, 2.05) is 6.07 Å². The minimum absolute atomic E-state index is 0.201. The van der Waals surface area contributed by atoms with Gasteiger partial charge in [-0.05, 0) is 35.5 Å². The summed E-state index contributed by atoms with van der Waals surface area (Å²) < 4.78 is 15.4. The van der Waals surface area contributed by atoms with Crippen LogP contribution in [0.3, 0.4) is 0 Å². The number of carbonyl (C=O) groups is 2. The lowest BCUT2D eigenvalue weighted by atomic mass is 10.2. The van der Waals surface area contributed by atoms with Crippen molar-refractivity contribution in [1.29, 1.82) is 0 Å². The minimum atomic E-state index is -0.292. The van der Waals surface area contributed by atoms with Gasteiger partial charge in [0.15, 0.2) is 11.5 Å². The van der Waals surface area contributed by atoms with Crippen LogP contribution >= 0.6 is 11.8 Å². The molecule has 0 saturated carbocycles. The highest BCUT2D eigenvalue weighted by molar-refractivity contribution is 8.18. The number of ether oxygens (including phenoxy) is 3. The van der Waals surface area contributed by atoms with Crippen LogP contribution in [0.1, 0.15) is 5.56 Å². The molecule has 1 fully saturated rings. The van der Waals surface area contributed by atoms with Crippen LogP contribution in [0.15, 0.2) is 23.1 Å². The van der Waals surface area contributed by atoms with Gasteiger partial charge in [0.05, 0.1) is 18.1 Å². The quantitative estimate of drug-likeness (QED) is 0.794. The standard InChI is InChI=1S/C14H13NO5S/c1-18-5-4-15-13(16)12(21-14(15)17)7-9-2-3-10-11(6-9)20-8-19-10/h2-3,6-7H,4-5,8H2,1H3. The monoisotopic (exact) mass is 307 g/mol. The summed E-state index contributed by atoms with van der Waals surface area (Å²) in [6.45, 7) is 0.793. The zero-order chi connectivity index (χ0) is 14.8. The molecule has 1 saturated heterocycles. The number of carbonyl (C=O) groups excluding carboxylic acids is 2. The summed E-state index contributed by atoms with van der Waals surface area (Å²) in [6, 6.07) is 5.38. The second-order valence-corrected chi connectivity index (χ2v) is 5.43. The number of hydrogen-bond acceptors (Lipinski definition) is 6. The van der Waals surface area contributed by atoms with Crippen molar-refractivity contribution in [3.63, 3.8) is 0 Å². The zero-order valence-corrected chi connectivity index (χ0v) is 12.1. The van der Waals surface area contributed by atoms with Crippen LogP contribution in [0, 0.1) is 0 Å². The van der Waals surface area contributed by atoms with E-state index in [1.165, 1.54) is 12.0 Å². The molecule has 2 aliphatic heterocycles. The Hall–Kier alpha value is -1.99. The highest BCUT2D eigenvalue weighted by atomic mass is 32.2. The lowest BCUT2D eigenvalue weighted by molar-refractivity contribution is -0.123. The number of benzene rings is 1. The maximum Gasteiger partial charge on any atom is 0.293 e. The van der Waals surface area contributed by atoms with E-state index in [9.17, 15) is 9.59 Å². The number of methoxy groups -OCH3 is 1. The fourth-order valence-corrected chi connectivity index (χ4v) is 2.89. The summed E-state index contributed by atoms with van der Waals surface area (Å²) in [5.41, 5.74) is 0.788. The SMILES string of the molecule is COCCN1C(=O)SC(=Cc2ccc3c(c2)OCO3)C1=O. The summed E-state index contributed by atoms with van der Waals surface area (Å²) in [6.07, 6.45) is 1.68. The van der Waals surface area contributed by atoms with Gasteiger partial charge in [-0.2, -0.15) is 0 Å². The first-order chi connectivity index (χ1) is 10.2. The number of amides is 2. The van der Waals surface area contributed by atoms with Crippen LogP contribution in [0.25, 0.3) is 6.08 Å². The predicted octanol–water partition coefficient (Wildman–Crippen LogP) is 2.10. The van der Waals surface area contributed by atoms with Crippen LogP contribution in [0.2, 0.25) is 0 Å². The largest absolute Gasteiger partial charge is 0.454 e. The van der Waals surface area contributed by atoms with Crippen LogP contribution in [0.4, 0.5) is 4.79 Å². The molecule has 0 unspecified atom stereocenters. The van der Waals surface area contributed by atoms with E-state index in [0.717, 1.165) is 17.3 Å². The second kappa shape index (κ2) is 5.79. The molecule has 0 N–H and O–H groups in total. The van der Waals surface area contributed by atoms with E-state index < -0.39 is 0 Å². The number of rotatable bonds is 4. The number of fused-ring (bicyclic) bond motifs is 1. The summed E-state index contributed by atoms with van der Waals surface area (Å²) in [5, 5.41) is -0.274. The second-order valence-electron chi connectivity index (χ2n) is 4.44. The van der Waals surface area contributed by atoms with E-state index in [1.54, 1.807) is 18.2 Å². The topological polar surface area (TPSA) is 65.1 Å². The first-order valence-electron chi connectivity index (χ1n) is 6.33. The van der Waals surface area contributed by atoms with Gasteiger partial charge < -0.3 is 14.2 Å². The molecule has 3 rings (SSSR count). The molecule has 110 valence electrons. The molecule has 2 amide bonds. The molecule has 0 radical (unpaired) electrons. The van der Waals surface area contributed by atoms with Crippen LogP contribution in [0.5, 0.6) is 11.5 Å². The van der Waals surface area contributed by atoms with Crippen molar-refractivity contribution in [3.8, 4) is 11.5 Å². The normalized spacial score (nSPS) is 18.9. The maximum atomic E-state index is 12.2. The third-order valence-electron chi connectivity index (χ3n) is 3.09. The van der Waals surface area contributed by atoms with E-state index >= 15 is 0 Å². The molecular weight excluding hydrogens is 294 g/mol. The van der Waals surface area contributed by atoms with Gasteiger partial charge in [-0.3, -0.25) is 14.5 Å². The summed E-state index contributed by atoms with van der Waals surface area (Å²) in [7, 11) is 1.53. The molecule has 0 bridgehead atoms. The Morgan fingerprint density at radius 1 is 1.33 bits per heavy atom. The van der Waals surface area contributed by atoms with Crippen molar-refractivity contribution in [2.24, 2.45) is 0 Å². The van der Waals surface area contributed by atoms with Crippen LogP contribution in [-0.4, -0.2) is 43.1 Å². The van der Waals surface area contributed by atoms with E-state index in [2.05, 4.69) is 0 Å². The molecule has 2 heterocycles. The Bertz CT molecular complexity index is 628. The average Bonchev–Trinajstić information content (AvgIpc) is 3.03. The highest BCUT2D eigenvalue weighted by Gasteiger charge is 2.34. The van der Waals surface area contributed by atoms with Crippen molar-refractivity contribution in [3.05, 3.63) is 28.7 Å². The van der Waals surface area contributed by atoms with Gasteiger partial charge >= 0.3 is 0 Å². The molecule has 0 aromatic heterocycles. The van der Waals surface area contributed by atoms with Crippen molar-refractivity contribution in [1.82, 2.24) is 4.90 Å². The Labute approximate surface area is 125 Å². The lowest BCUT2D eigenvalue weighted by Crippen LogP contribution is -2.31. The zero-order valence-electron chi connectivity index (χ0n) is 11.3. The van der Waals surface area contributed by atoms with Gasteiger partial charge in [0.25, 0.3) is 11.1 Å². The van der Waals surface area contributed by atoms with Gasteiger partial charge in [-0.15, -0.1) is 0 Å². The third-order valence-corrected chi connectivity index (χ3v) is 3.99. The summed E-state index contributed by atoms with van der Waals surface area (Å²) >= 11 is 0.931. The molecule has 6 nitrogen and oxygen atoms in total. The average molecular weight is 307 g/mol. The fraction of sp³-hybridized carbons (Fsp3) is 0.286. The Balaban J connectivity index is 1.80. The Morgan fingerprint density at radius 2 is 2.14 bits per heavy atom. The molecule has 2 aliphatic rings. The lowest BCUT2D eigenvalue weighted by Gasteiger charge is -2.10. The molecule has 7 heteroatoms. The van der Waals surface area contributed by atoms with E-state index in [-0.39, 0.29) is 24.5 Å². The molecule has 0 spiro atoms. The highest BCUT2D eigenvalue weighted by Crippen LogP contribution is 2.36. The number of nitrogens with zero attached hydrogens (tertiary/aromatic N) is 1. The molecule has 0 atom stereocenters. The molecule has 1 aromatic rings. The van der Waals surface area contributed by atoms with Gasteiger partial charge in [-0.1, -0.05) is 6.07 Å². The first kappa shape index (κ1) is 14.0. The molecule has 21 heavy (non-hydrogen) atoms. The minimum Gasteiger partial charge on any atom is -0.454 e. The fourth-order valence-electron chi connectivity index (χ4n) is 2.03. The summed E-state index contributed by atoms with van der Waals surface area (Å²) in [5.74, 6) is 1.03. The van der Waals surface area contributed by atoms with Crippen molar-refractivity contribution < 1.29 is 23.8 Å². The van der Waals surface area contributed by atoms with Gasteiger partial charge in [0, 0.05) is 7.11 Å². The number of thioether (sulfide) groups is 1. The van der Waals surface area contributed by atoms with Gasteiger partial charge in [0.2, 0.25) is 6.79 Å². The molecule has 0 aliphatic carbocycles. The van der Waals surface area contributed by atoms with E-state index in [0.29, 0.717) is 23.0 Å². The van der Waals surface area contributed by atoms with Crippen molar-refractivity contribution in [2.75, 3.05) is 27.1 Å². The van der Waals surface area contributed by atoms with E-state index in [4.69, 9.17) is 14.2 Å². The van der Waals surface area contributed by atoms with Crippen LogP contribution in [-0.2, 0) is 9.53 Å². The first-order valence-corrected chi connectivity index (χ1v) is 7.14. The maximum absolute atomic E-state index is 12.2. The third kappa shape index (κ3) is 2.74. The van der Waals surface area contributed by atoms with Gasteiger partial charge in [-0.25, -0.2) is 0 Å². The predicted molar refractivity (Wildman–Crippen MR) is 77.1 cm³/mol. The number of imide groups is 1. The van der Waals surface area contributed by atoms with Crippen LogP contribution < -0.4 is 9.47 Å².